The van der Waals surface area contributed by atoms with E-state index in [1.165, 1.54) is 0 Å². The Balaban J connectivity index is 1.58. The second kappa shape index (κ2) is 10.1. The minimum absolute atomic E-state index is 0.0516. The zero-order chi connectivity index (χ0) is 25.1. The second-order valence-electron chi connectivity index (χ2n) is 10.2. The first-order valence-corrected chi connectivity index (χ1v) is 11.8. The van der Waals surface area contributed by atoms with Gasteiger partial charge in [-0.15, -0.1) is 0 Å². The Bertz CT molecular complexity index is 932. The molecule has 1 atom stereocenters. The van der Waals surface area contributed by atoms with Crippen LogP contribution >= 0.6 is 0 Å². The van der Waals surface area contributed by atoms with E-state index in [0.717, 1.165) is 6.42 Å². The fourth-order valence-corrected chi connectivity index (χ4v) is 4.58. The summed E-state index contributed by atoms with van der Waals surface area (Å²) in [5, 5.41) is 7.51. The quantitative estimate of drug-likeness (QED) is 0.372. The van der Waals surface area contributed by atoms with E-state index in [-0.39, 0.29) is 30.4 Å². The standard InChI is InChI=1S/C25H36N4O5/c1-24(2,3)34-20(30)16-33-19-10-14-28(15-11-19)23(32)25(4)12-5-13-29(25)22(31)18-8-6-17(7-9-18)21(26)27/h6-9,19H,5,10-16H2,1-4H3,(H3,26,27)/t25-/m0/s1. The van der Waals surface area contributed by atoms with Gasteiger partial charge in [-0.3, -0.25) is 15.0 Å². The van der Waals surface area contributed by atoms with Crippen molar-refractivity contribution in [3.05, 3.63) is 35.4 Å². The van der Waals surface area contributed by atoms with E-state index < -0.39 is 17.1 Å². The van der Waals surface area contributed by atoms with E-state index in [1.54, 1.807) is 34.1 Å². The molecule has 1 aromatic rings. The van der Waals surface area contributed by atoms with Gasteiger partial charge in [0.15, 0.2) is 0 Å². The van der Waals surface area contributed by atoms with Crippen LogP contribution in [0.4, 0.5) is 0 Å². The Morgan fingerprint density at radius 3 is 2.24 bits per heavy atom. The first-order chi connectivity index (χ1) is 15.9. The highest BCUT2D eigenvalue weighted by atomic mass is 16.6. The van der Waals surface area contributed by atoms with E-state index in [4.69, 9.17) is 20.6 Å². The molecule has 3 N–H and O–H groups in total. The average molecular weight is 473 g/mol. The number of benzene rings is 1. The summed E-state index contributed by atoms with van der Waals surface area (Å²) in [6.07, 6.45) is 2.52. The number of nitrogens with two attached hydrogens (primary N) is 1. The van der Waals surface area contributed by atoms with Crippen LogP contribution in [0, 0.1) is 5.41 Å². The minimum Gasteiger partial charge on any atom is -0.458 e. The predicted octanol–water partition coefficient (Wildman–Crippen LogP) is 2.31. The molecule has 186 valence electrons. The van der Waals surface area contributed by atoms with Gasteiger partial charge in [-0.05, 0) is 65.5 Å². The van der Waals surface area contributed by atoms with Gasteiger partial charge >= 0.3 is 5.97 Å². The zero-order valence-corrected chi connectivity index (χ0v) is 20.6. The summed E-state index contributed by atoms with van der Waals surface area (Å²) in [6, 6.07) is 6.59. The van der Waals surface area contributed by atoms with E-state index in [2.05, 4.69) is 0 Å². The maximum Gasteiger partial charge on any atom is 0.332 e. The third-order valence-corrected chi connectivity index (χ3v) is 6.38. The van der Waals surface area contributed by atoms with Crippen LogP contribution in [0.3, 0.4) is 0 Å². The normalized spacial score (nSPS) is 21.4. The van der Waals surface area contributed by atoms with Gasteiger partial charge in [0, 0.05) is 30.8 Å². The fraction of sp³-hybridized carbons (Fsp3) is 0.600. The maximum atomic E-state index is 13.5. The van der Waals surface area contributed by atoms with Crippen LogP contribution in [0.5, 0.6) is 0 Å². The molecule has 0 aromatic heterocycles. The highest BCUT2D eigenvalue weighted by molar-refractivity contribution is 6.01. The minimum atomic E-state index is -0.902. The lowest BCUT2D eigenvalue weighted by Gasteiger charge is -2.40. The number of carbonyl (C=O) groups is 3. The molecule has 0 radical (unpaired) electrons. The molecule has 3 rings (SSSR count). The number of piperidine rings is 1. The molecule has 2 saturated heterocycles. The lowest BCUT2D eigenvalue weighted by Crippen LogP contribution is -2.58. The van der Waals surface area contributed by atoms with Crippen molar-refractivity contribution < 1.29 is 23.9 Å². The molecule has 2 amide bonds. The van der Waals surface area contributed by atoms with Crippen LogP contribution in [-0.4, -0.2) is 76.9 Å². The summed E-state index contributed by atoms with van der Waals surface area (Å²) in [4.78, 5) is 42.1. The number of nitrogens with zero attached hydrogens (tertiary/aromatic N) is 2. The Morgan fingerprint density at radius 2 is 1.68 bits per heavy atom. The van der Waals surface area contributed by atoms with Gasteiger partial charge in [-0.2, -0.15) is 0 Å². The van der Waals surface area contributed by atoms with E-state index in [0.29, 0.717) is 50.0 Å². The molecule has 2 aliphatic heterocycles. The fourth-order valence-electron chi connectivity index (χ4n) is 4.58. The van der Waals surface area contributed by atoms with Crippen molar-refractivity contribution in [2.45, 2.75) is 70.6 Å². The van der Waals surface area contributed by atoms with Crippen LogP contribution in [0.15, 0.2) is 24.3 Å². The largest absolute Gasteiger partial charge is 0.458 e. The Morgan fingerprint density at radius 1 is 1.09 bits per heavy atom. The Labute approximate surface area is 201 Å². The topological polar surface area (TPSA) is 126 Å². The average Bonchev–Trinajstić information content (AvgIpc) is 3.18. The molecule has 9 heteroatoms. The van der Waals surface area contributed by atoms with Crippen molar-refractivity contribution in [3.8, 4) is 0 Å². The van der Waals surface area contributed by atoms with Crippen LogP contribution in [0.25, 0.3) is 0 Å². The molecule has 0 aliphatic carbocycles. The zero-order valence-electron chi connectivity index (χ0n) is 20.6. The van der Waals surface area contributed by atoms with E-state index in [1.807, 2.05) is 27.7 Å². The molecule has 0 bridgehead atoms. The number of nitrogens with one attached hydrogen (secondary N) is 1. The van der Waals surface area contributed by atoms with Gasteiger partial charge in [-0.25, -0.2) is 4.79 Å². The summed E-state index contributed by atoms with van der Waals surface area (Å²) >= 11 is 0. The summed E-state index contributed by atoms with van der Waals surface area (Å²) in [5.74, 6) is -0.697. The van der Waals surface area contributed by atoms with Gasteiger partial charge in [-0.1, -0.05) is 12.1 Å². The second-order valence-corrected chi connectivity index (χ2v) is 10.2. The number of hydrogen-bond donors (Lipinski definition) is 2. The van der Waals surface area contributed by atoms with Crippen molar-refractivity contribution in [2.24, 2.45) is 5.73 Å². The molecule has 34 heavy (non-hydrogen) atoms. The van der Waals surface area contributed by atoms with Crippen molar-refractivity contribution >= 4 is 23.6 Å². The third kappa shape index (κ3) is 5.94. The van der Waals surface area contributed by atoms with Crippen LogP contribution in [0.2, 0.25) is 0 Å². The Hall–Kier alpha value is -2.94. The third-order valence-electron chi connectivity index (χ3n) is 6.38. The van der Waals surface area contributed by atoms with Crippen LogP contribution in [0.1, 0.15) is 69.3 Å². The predicted molar refractivity (Wildman–Crippen MR) is 128 cm³/mol. The first kappa shape index (κ1) is 25.7. The number of hydrogen-bond acceptors (Lipinski definition) is 6. The summed E-state index contributed by atoms with van der Waals surface area (Å²) in [5.41, 5.74) is 5.07. The number of carbonyl (C=O) groups excluding carboxylic acids is 3. The molecule has 1 aromatic carbocycles. The van der Waals surface area contributed by atoms with Gasteiger partial charge < -0.3 is 25.0 Å². The van der Waals surface area contributed by atoms with Crippen LogP contribution in [-0.2, 0) is 19.1 Å². The van der Waals surface area contributed by atoms with Crippen molar-refractivity contribution in [1.82, 2.24) is 9.80 Å². The number of rotatable bonds is 6. The lowest BCUT2D eigenvalue weighted by molar-refractivity contribution is -0.164. The first-order valence-electron chi connectivity index (χ1n) is 11.8. The monoisotopic (exact) mass is 472 g/mol. The van der Waals surface area contributed by atoms with Gasteiger partial charge in [0.25, 0.3) is 5.91 Å². The molecule has 2 heterocycles. The Kier molecular flexibility index (Phi) is 7.65. The summed E-state index contributed by atoms with van der Waals surface area (Å²) in [6.45, 7) is 8.74. The molecular formula is C25H36N4O5. The number of amidine groups is 1. The number of ether oxygens (including phenoxy) is 2. The smallest absolute Gasteiger partial charge is 0.332 e. The number of likely N-dealkylation sites (tertiary alicyclic amines) is 2. The molecule has 2 aliphatic rings. The summed E-state index contributed by atoms with van der Waals surface area (Å²) < 4.78 is 11.0. The number of esters is 1. The van der Waals surface area contributed by atoms with Gasteiger partial charge in [0.05, 0.1) is 6.10 Å². The molecule has 0 unspecified atom stereocenters. The number of nitrogen functional groups attached to an aromatic ring is 1. The van der Waals surface area contributed by atoms with Crippen molar-refractivity contribution in [2.75, 3.05) is 26.2 Å². The lowest BCUT2D eigenvalue weighted by atomic mass is 9.94. The van der Waals surface area contributed by atoms with Gasteiger partial charge in [0.2, 0.25) is 5.91 Å². The van der Waals surface area contributed by atoms with Crippen molar-refractivity contribution in [1.29, 1.82) is 5.41 Å². The molecule has 9 nitrogen and oxygen atoms in total. The summed E-state index contributed by atoms with van der Waals surface area (Å²) in [7, 11) is 0. The molecular weight excluding hydrogens is 436 g/mol. The van der Waals surface area contributed by atoms with E-state index >= 15 is 0 Å². The van der Waals surface area contributed by atoms with Gasteiger partial charge in [0.1, 0.15) is 23.6 Å². The highest BCUT2D eigenvalue weighted by Crippen LogP contribution is 2.33. The van der Waals surface area contributed by atoms with Crippen molar-refractivity contribution in [3.63, 3.8) is 0 Å². The molecule has 0 spiro atoms. The number of amides is 2. The van der Waals surface area contributed by atoms with E-state index in [9.17, 15) is 14.4 Å². The van der Waals surface area contributed by atoms with Crippen LogP contribution < -0.4 is 5.73 Å². The molecule has 0 saturated carbocycles. The molecule has 2 fully saturated rings. The maximum absolute atomic E-state index is 13.5. The highest BCUT2D eigenvalue weighted by Gasteiger charge is 2.48. The SMILES string of the molecule is CC(C)(C)OC(=O)COC1CCN(C(=O)[C@]2(C)CCCN2C(=O)c2ccc(C(=N)N)cc2)CC1.